The van der Waals surface area contributed by atoms with E-state index in [1.807, 2.05) is 30.3 Å². The van der Waals surface area contributed by atoms with Gasteiger partial charge in [-0.25, -0.2) is 0 Å². The van der Waals surface area contributed by atoms with Crippen LogP contribution in [0.1, 0.15) is 18.4 Å². The van der Waals surface area contributed by atoms with Crippen molar-refractivity contribution in [1.29, 1.82) is 5.26 Å². The molecule has 1 aliphatic carbocycles. The minimum Gasteiger partial charge on any atom is -0.493 e. The van der Waals surface area contributed by atoms with Crippen LogP contribution in [-0.4, -0.2) is 26.3 Å². The van der Waals surface area contributed by atoms with Crippen LogP contribution in [0.25, 0.3) is 6.08 Å². The second-order valence-corrected chi connectivity index (χ2v) is 4.44. The summed E-state index contributed by atoms with van der Waals surface area (Å²) in [6.45, 7) is 0.913. The van der Waals surface area contributed by atoms with E-state index in [2.05, 4.69) is 11.4 Å². The third-order valence-corrected chi connectivity index (χ3v) is 2.89. The Morgan fingerprint density at radius 3 is 2.95 bits per heavy atom. The third-order valence-electron chi connectivity index (χ3n) is 2.89. The van der Waals surface area contributed by atoms with Crippen molar-refractivity contribution >= 4 is 6.08 Å². The van der Waals surface area contributed by atoms with Crippen molar-refractivity contribution in [2.45, 2.75) is 18.9 Å². The van der Waals surface area contributed by atoms with Gasteiger partial charge in [0, 0.05) is 12.6 Å². The number of hydrogen-bond donors (Lipinski definition) is 1. The Morgan fingerprint density at radius 2 is 2.26 bits per heavy atom. The molecule has 0 atom stereocenters. The fourth-order valence-corrected chi connectivity index (χ4v) is 1.73. The highest BCUT2D eigenvalue weighted by Crippen LogP contribution is 2.28. The molecule has 1 aliphatic rings. The van der Waals surface area contributed by atoms with E-state index >= 15 is 0 Å². The van der Waals surface area contributed by atoms with Gasteiger partial charge in [-0.1, -0.05) is 18.2 Å². The van der Waals surface area contributed by atoms with Gasteiger partial charge in [-0.3, -0.25) is 0 Å². The molecule has 1 aromatic rings. The Kier molecular flexibility index (Phi) is 4.82. The molecule has 4 nitrogen and oxygen atoms in total. The van der Waals surface area contributed by atoms with Crippen LogP contribution in [0.2, 0.25) is 0 Å². The first-order valence-corrected chi connectivity index (χ1v) is 6.41. The van der Waals surface area contributed by atoms with Crippen molar-refractivity contribution in [3.8, 4) is 17.6 Å². The molecule has 1 fully saturated rings. The van der Waals surface area contributed by atoms with Crippen molar-refractivity contribution in [1.82, 2.24) is 5.32 Å². The molecule has 0 saturated heterocycles. The molecular formula is C15H18N2O2. The monoisotopic (exact) mass is 258 g/mol. The molecule has 0 aromatic heterocycles. The Morgan fingerprint density at radius 1 is 1.42 bits per heavy atom. The van der Waals surface area contributed by atoms with Crippen molar-refractivity contribution in [2.75, 3.05) is 20.3 Å². The lowest BCUT2D eigenvalue weighted by molar-refractivity contribution is 0.329. The van der Waals surface area contributed by atoms with E-state index in [1.54, 1.807) is 7.11 Å². The van der Waals surface area contributed by atoms with Gasteiger partial charge in [0.2, 0.25) is 0 Å². The molecule has 0 spiro atoms. The zero-order valence-electron chi connectivity index (χ0n) is 11.1. The molecule has 0 aliphatic heterocycles. The molecule has 4 heteroatoms. The maximum absolute atomic E-state index is 8.50. The fourth-order valence-electron chi connectivity index (χ4n) is 1.73. The van der Waals surface area contributed by atoms with Crippen molar-refractivity contribution in [3.05, 3.63) is 29.8 Å². The van der Waals surface area contributed by atoms with Crippen LogP contribution in [0.5, 0.6) is 11.5 Å². The van der Waals surface area contributed by atoms with E-state index in [-0.39, 0.29) is 6.61 Å². The SMILES string of the molecule is COc1cc(C=CCNC2CC2)ccc1OCC#N. The Hall–Kier alpha value is -1.99. The highest BCUT2D eigenvalue weighted by molar-refractivity contribution is 5.56. The van der Waals surface area contributed by atoms with E-state index in [0.717, 1.165) is 18.2 Å². The second kappa shape index (κ2) is 6.81. The van der Waals surface area contributed by atoms with Gasteiger partial charge in [0.05, 0.1) is 7.11 Å². The summed E-state index contributed by atoms with van der Waals surface area (Å²) >= 11 is 0. The van der Waals surface area contributed by atoms with E-state index in [1.165, 1.54) is 12.8 Å². The van der Waals surface area contributed by atoms with Gasteiger partial charge in [0.15, 0.2) is 18.1 Å². The zero-order chi connectivity index (χ0) is 13.5. The summed E-state index contributed by atoms with van der Waals surface area (Å²) in [5.74, 6) is 1.24. The molecule has 0 unspecified atom stereocenters. The van der Waals surface area contributed by atoms with Gasteiger partial charge in [0.1, 0.15) is 6.07 Å². The number of nitriles is 1. The lowest BCUT2D eigenvalue weighted by Crippen LogP contribution is -2.15. The van der Waals surface area contributed by atoms with Gasteiger partial charge < -0.3 is 14.8 Å². The third kappa shape index (κ3) is 4.31. The highest BCUT2D eigenvalue weighted by atomic mass is 16.5. The average molecular weight is 258 g/mol. The summed E-state index contributed by atoms with van der Waals surface area (Å²) in [5, 5.41) is 11.9. The van der Waals surface area contributed by atoms with Crippen molar-refractivity contribution in [3.63, 3.8) is 0 Å². The number of nitrogens with one attached hydrogen (secondary N) is 1. The van der Waals surface area contributed by atoms with Crippen LogP contribution >= 0.6 is 0 Å². The summed E-state index contributed by atoms with van der Waals surface area (Å²) < 4.78 is 10.5. The molecule has 1 saturated carbocycles. The topological polar surface area (TPSA) is 54.3 Å². The average Bonchev–Trinajstić information content (AvgIpc) is 3.26. The number of benzene rings is 1. The van der Waals surface area contributed by atoms with Gasteiger partial charge in [0.25, 0.3) is 0 Å². The standard InChI is InChI=1S/C15H18N2O2/c1-18-15-11-12(3-2-9-17-13-5-6-13)4-7-14(15)19-10-8-16/h2-4,7,11,13,17H,5-6,9-10H2,1H3. The van der Waals surface area contributed by atoms with Crippen LogP contribution < -0.4 is 14.8 Å². The molecule has 1 aromatic carbocycles. The van der Waals surface area contributed by atoms with Crippen molar-refractivity contribution in [2.24, 2.45) is 0 Å². The molecule has 0 amide bonds. The summed E-state index contributed by atoms with van der Waals surface area (Å²) in [5.41, 5.74) is 1.05. The summed E-state index contributed by atoms with van der Waals surface area (Å²) in [7, 11) is 1.59. The predicted molar refractivity (Wildman–Crippen MR) is 74.2 cm³/mol. The molecule has 19 heavy (non-hydrogen) atoms. The van der Waals surface area contributed by atoms with E-state index in [0.29, 0.717) is 11.5 Å². The van der Waals surface area contributed by atoms with Crippen LogP contribution in [0.4, 0.5) is 0 Å². The highest BCUT2D eigenvalue weighted by Gasteiger charge is 2.18. The fraction of sp³-hybridized carbons (Fsp3) is 0.400. The Labute approximate surface area is 113 Å². The van der Waals surface area contributed by atoms with Gasteiger partial charge in [-0.05, 0) is 30.5 Å². The number of ether oxygens (including phenoxy) is 2. The van der Waals surface area contributed by atoms with E-state index < -0.39 is 0 Å². The molecule has 1 N–H and O–H groups in total. The van der Waals surface area contributed by atoms with Crippen LogP contribution in [-0.2, 0) is 0 Å². The quantitative estimate of drug-likeness (QED) is 0.815. The lowest BCUT2D eigenvalue weighted by Gasteiger charge is -2.08. The minimum absolute atomic E-state index is 0.0247. The molecular weight excluding hydrogens is 240 g/mol. The maximum atomic E-state index is 8.50. The molecule has 0 radical (unpaired) electrons. The van der Waals surface area contributed by atoms with Crippen LogP contribution in [0, 0.1) is 11.3 Å². The second-order valence-electron chi connectivity index (χ2n) is 4.44. The van der Waals surface area contributed by atoms with Gasteiger partial charge >= 0.3 is 0 Å². The van der Waals surface area contributed by atoms with Crippen LogP contribution in [0.3, 0.4) is 0 Å². The number of nitrogens with zero attached hydrogens (tertiary/aromatic N) is 1. The first kappa shape index (κ1) is 13.4. The predicted octanol–water partition coefficient (Wildman–Crippen LogP) is 2.36. The Balaban J connectivity index is 1.94. The largest absolute Gasteiger partial charge is 0.493 e. The smallest absolute Gasteiger partial charge is 0.174 e. The maximum Gasteiger partial charge on any atom is 0.174 e. The lowest BCUT2D eigenvalue weighted by atomic mass is 10.2. The van der Waals surface area contributed by atoms with E-state index in [9.17, 15) is 0 Å². The molecule has 100 valence electrons. The van der Waals surface area contributed by atoms with Gasteiger partial charge in [-0.2, -0.15) is 5.26 Å². The number of methoxy groups -OCH3 is 1. The van der Waals surface area contributed by atoms with Gasteiger partial charge in [-0.15, -0.1) is 0 Å². The van der Waals surface area contributed by atoms with Crippen LogP contribution in [0.15, 0.2) is 24.3 Å². The molecule has 0 bridgehead atoms. The number of rotatable bonds is 7. The van der Waals surface area contributed by atoms with E-state index in [4.69, 9.17) is 14.7 Å². The molecule has 0 heterocycles. The summed E-state index contributed by atoms with van der Waals surface area (Å²) in [6.07, 6.45) is 6.74. The van der Waals surface area contributed by atoms with Crippen molar-refractivity contribution < 1.29 is 9.47 Å². The summed E-state index contributed by atoms with van der Waals surface area (Å²) in [4.78, 5) is 0. The summed E-state index contributed by atoms with van der Waals surface area (Å²) in [6, 6.07) is 8.34. The molecule has 2 rings (SSSR count). The zero-order valence-corrected chi connectivity index (χ0v) is 11.1. The number of hydrogen-bond acceptors (Lipinski definition) is 4. The minimum atomic E-state index is 0.0247. The first-order valence-electron chi connectivity index (χ1n) is 6.41. The first-order chi connectivity index (χ1) is 9.33. The normalized spacial score (nSPS) is 14.3. The Bertz CT molecular complexity index is 487.